The van der Waals surface area contributed by atoms with Crippen LogP contribution in [0.3, 0.4) is 0 Å². The van der Waals surface area contributed by atoms with Crippen molar-refractivity contribution < 1.29 is 4.79 Å². The fourth-order valence-electron chi connectivity index (χ4n) is 3.03. The van der Waals surface area contributed by atoms with Crippen LogP contribution in [0.2, 0.25) is 0 Å². The molecule has 0 bridgehead atoms. The minimum atomic E-state index is -0.0358. The highest BCUT2D eigenvalue weighted by Crippen LogP contribution is 2.25. The number of amides is 1. The molecule has 0 spiro atoms. The SMILES string of the molecule is CNCCC1CCCCN1C(=O)C(C)c1ccccc1. The van der Waals surface area contributed by atoms with Gasteiger partial charge in [-0.15, -0.1) is 0 Å². The third-order valence-electron chi connectivity index (χ3n) is 4.31. The molecule has 2 rings (SSSR count). The Morgan fingerprint density at radius 1 is 1.35 bits per heavy atom. The van der Waals surface area contributed by atoms with E-state index in [1.807, 2.05) is 32.2 Å². The van der Waals surface area contributed by atoms with Gasteiger partial charge >= 0.3 is 0 Å². The van der Waals surface area contributed by atoms with Crippen LogP contribution in [0.1, 0.15) is 44.1 Å². The molecule has 3 heteroatoms. The number of nitrogens with zero attached hydrogens (tertiary/aromatic N) is 1. The Morgan fingerprint density at radius 3 is 2.80 bits per heavy atom. The van der Waals surface area contributed by atoms with Gasteiger partial charge in [-0.05, 0) is 51.8 Å². The molecule has 1 aliphatic heterocycles. The molecule has 1 aromatic rings. The Balaban J connectivity index is 2.05. The van der Waals surface area contributed by atoms with Gasteiger partial charge in [-0.2, -0.15) is 0 Å². The van der Waals surface area contributed by atoms with E-state index in [9.17, 15) is 4.79 Å². The minimum absolute atomic E-state index is 0.0358. The summed E-state index contributed by atoms with van der Waals surface area (Å²) in [5, 5.41) is 3.20. The Morgan fingerprint density at radius 2 is 2.10 bits per heavy atom. The first-order valence-electron chi connectivity index (χ1n) is 7.74. The van der Waals surface area contributed by atoms with Crippen molar-refractivity contribution in [2.24, 2.45) is 0 Å². The van der Waals surface area contributed by atoms with Crippen LogP contribution in [0.25, 0.3) is 0 Å². The molecule has 110 valence electrons. The van der Waals surface area contributed by atoms with Gasteiger partial charge in [0.05, 0.1) is 5.92 Å². The van der Waals surface area contributed by atoms with Crippen LogP contribution in [-0.2, 0) is 4.79 Å². The molecule has 20 heavy (non-hydrogen) atoms. The molecular weight excluding hydrogens is 248 g/mol. The van der Waals surface area contributed by atoms with Crippen LogP contribution >= 0.6 is 0 Å². The summed E-state index contributed by atoms with van der Waals surface area (Å²) in [6.07, 6.45) is 4.60. The largest absolute Gasteiger partial charge is 0.339 e. The molecule has 1 saturated heterocycles. The quantitative estimate of drug-likeness (QED) is 0.895. The Bertz CT molecular complexity index is 418. The molecule has 1 aliphatic rings. The molecule has 1 fully saturated rings. The monoisotopic (exact) mass is 274 g/mol. The van der Waals surface area contributed by atoms with E-state index in [1.165, 1.54) is 6.42 Å². The van der Waals surface area contributed by atoms with Crippen LogP contribution < -0.4 is 5.32 Å². The first kappa shape index (κ1) is 15.0. The molecule has 1 amide bonds. The third kappa shape index (κ3) is 3.60. The van der Waals surface area contributed by atoms with Crippen LogP contribution in [-0.4, -0.2) is 37.0 Å². The smallest absolute Gasteiger partial charge is 0.230 e. The molecule has 0 radical (unpaired) electrons. The average molecular weight is 274 g/mol. The molecule has 1 heterocycles. The van der Waals surface area contributed by atoms with Crippen LogP contribution in [0.5, 0.6) is 0 Å². The molecule has 1 N–H and O–H groups in total. The summed E-state index contributed by atoms with van der Waals surface area (Å²) in [6, 6.07) is 10.5. The topological polar surface area (TPSA) is 32.3 Å². The van der Waals surface area contributed by atoms with E-state index >= 15 is 0 Å². The second kappa shape index (κ2) is 7.44. The molecule has 0 aliphatic carbocycles. The lowest BCUT2D eigenvalue weighted by atomic mass is 9.94. The maximum atomic E-state index is 12.8. The van der Waals surface area contributed by atoms with E-state index in [4.69, 9.17) is 0 Å². The zero-order chi connectivity index (χ0) is 14.4. The van der Waals surface area contributed by atoms with Crippen LogP contribution in [0.4, 0.5) is 0 Å². The van der Waals surface area contributed by atoms with Gasteiger partial charge in [-0.3, -0.25) is 4.79 Å². The van der Waals surface area contributed by atoms with Gasteiger partial charge in [0, 0.05) is 12.6 Å². The van der Waals surface area contributed by atoms with Crippen LogP contribution in [0, 0.1) is 0 Å². The fraction of sp³-hybridized carbons (Fsp3) is 0.588. The number of carbonyl (C=O) groups excluding carboxylic acids is 1. The van der Waals surface area contributed by atoms with Crippen molar-refractivity contribution in [3.8, 4) is 0 Å². The maximum absolute atomic E-state index is 12.8. The molecule has 2 atom stereocenters. The predicted molar refractivity (Wildman–Crippen MR) is 82.8 cm³/mol. The lowest BCUT2D eigenvalue weighted by Gasteiger charge is -2.37. The number of hydrogen-bond acceptors (Lipinski definition) is 2. The number of piperidine rings is 1. The number of hydrogen-bond donors (Lipinski definition) is 1. The maximum Gasteiger partial charge on any atom is 0.230 e. The summed E-state index contributed by atoms with van der Waals surface area (Å²) < 4.78 is 0. The van der Waals surface area contributed by atoms with E-state index in [0.29, 0.717) is 6.04 Å². The van der Waals surface area contributed by atoms with Crippen molar-refractivity contribution in [1.82, 2.24) is 10.2 Å². The highest BCUT2D eigenvalue weighted by molar-refractivity contribution is 5.83. The molecule has 3 nitrogen and oxygen atoms in total. The number of benzene rings is 1. The molecule has 0 saturated carbocycles. The molecule has 2 unspecified atom stereocenters. The Hall–Kier alpha value is -1.35. The zero-order valence-corrected chi connectivity index (χ0v) is 12.6. The van der Waals surface area contributed by atoms with Gasteiger partial charge in [0.2, 0.25) is 5.91 Å². The van der Waals surface area contributed by atoms with Crippen LogP contribution in [0.15, 0.2) is 30.3 Å². The summed E-state index contributed by atoms with van der Waals surface area (Å²) in [6.45, 7) is 3.93. The molecule has 1 aromatic carbocycles. The summed E-state index contributed by atoms with van der Waals surface area (Å²) in [4.78, 5) is 14.9. The Labute approximate surface area is 122 Å². The van der Waals surface area contributed by atoms with Crippen molar-refractivity contribution in [1.29, 1.82) is 0 Å². The van der Waals surface area contributed by atoms with Crippen molar-refractivity contribution >= 4 is 5.91 Å². The summed E-state index contributed by atoms with van der Waals surface area (Å²) in [7, 11) is 1.97. The van der Waals surface area contributed by atoms with E-state index in [-0.39, 0.29) is 11.8 Å². The second-order valence-electron chi connectivity index (χ2n) is 5.71. The number of carbonyl (C=O) groups is 1. The predicted octanol–water partition coefficient (Wildman–Crippen LogP) is 2.78. The van der Waals surface area contributed by atoms with E-state index < -0.39 is 0 Å². The van der Waals surface area contributed by atoms with Crippen molar-refractivity contribution in [2.45, 2.75) is 44.6 Å². The van der Waals surface area contributed by atoms with Crippen molar-refractivity contribution in [3.05, 3.63) is 35.9 Å². The highest BCUT2D eigenvalue weighted by atomic mass is 16.2. The van der Waals surface area contributed by atoms with Gasteiger partial charge in [-0.1, -0.05) is 30.3 Å². The van der Waals surface area contributed by atoms with E-state index in [1.54, 1.807) is 0 Å². The summed E-state index contributed by atoms with van der Waals surface area (Å²) in [5.41, 5.74) is 1.12. The van der Waals surface area contributed by atoms with Gasteiger partial charge in [0.1, 0.15) is 0 Å². The molecular formula is C17H26N2O. The average Bonchev–Trinajstić information content (AvgIpc) is 2.52. The third-order valence-corrected chi connectivity index (χ3v) is 4.31. The first-order valence-corrected chi connectivity index (χ1v) is 7.74. The van der Waals surface area contributed by atoms with Gasteiger partial charge in [-0.25, -0.2) is 0 Å². The van der Waals surface area contributed by atoms with E-state index in [0.717, 1.165) is 37.9 Å². The lowest BCUT2D eigenvalue weighted by Crippen LogP contribution is -2.46. The van der Waals surface area contributed by atoms with Crippen molar-refractivity contribution in [3.63, 3.8) is 0 Å². The van der Waals surface area contributed by atoms with Gasteiger partial charge in [0.15, 0.2) is 0 Å². The number of likely N-dealkylation sites (tertiary alicyclic amines) is 1. The van der Waals surface area contributed by atoms with E-state index in [2.05, 4.69) is 22.3 Å². The highest BCUT2D eigenvalue weighted by Gasteiger charge is 2.29. The van der Waals surface area contributed by atoms with Crippen molar-refractivity contribution in [2.75, 3.05) is 20.1 Å². The molecule has 0 aromatic heterocycles. The standard InChI is InChI=1S/C17H26N2O/c1-14(15-8-4-3-5-9-15)17(20)19-13-7-6-10-16(19)11-12-18-2/h3-5,8-9,14,16,18H,6-7,10-13H2,1-2H3. The normalized spacial score (nSPS) is 20.7. The van der Waals surface area contributed by atoms with Gasteiger partial charge < -0.3 is 10.2 Å². The zero-order valence-electron chi connectivity index (χ0n) is 12.6. The van der Waals surface area contributed by atoms with Gasteiger partial charge in [0.25, 0.3) is 0 Å². The first-order chi connectivity index (χ1) is 9.74. The number of rotatable bonds is 5. The minimum Gasteiger partial charge on any atom is -0.339 e. The second-order valence-corrected chi connectivity index (χ2v) is 5.71. The lowest BCUT2D eigenvalue weighted by molar-refractivity contribution is -0.136. The summed E-state index contributed by atoms with van der Waals surface area (Å²) >= 11 is 0. The Kier molecular flexibility index (Phi) is 5.60. The fourth-order valence-corrected chi connectivity index (χ4v) is 3.03. The number of nitrogens with one attached hydrogen (secondary N) is 1. The summed E-state index contributed by atoms with van der Waals surface area (Å²) in [5.74, 6) is 0.253.